The van der Waals surface area contributed by atoms with E-state index >= 15 is 0 Å². The van der Waals surface area contributed by atoms with Crippen molar-refractivity contribution in [1.82, 2.24) is 40.4 Å². The van der Waals surface area contributed by atoms with Crippen LogP contribution < -0.4 is 10.6 Å². The summed E-state index contributed by atoms with van der Waals surface area (Å²) in [6.45, 7) is 1.16. The molecule has 71 heavy (non-hydrogen) atoms. The number of nitrogens with zero attached hydrogens (tertiary/aromatic N) is 4. The molecule has 4 aromatic rings. The third kappa shape index (κ3) is 10.2. The number of aliphatic hydroxyl groups excluding tert-OH is 1. The molecule has 0 radical (unpaired) electrons. The zero-order valence-electron chi connectivity index (χ0n) is 40.7. The Bertz CT molecular complexity index is 2550. The summed E-state index contributed by atoms with van der Waals surface area (Å²) in [5.74, 6) is 4.00. The molecular weight excluding hydrogens is 1020 g/mol. The van der Waals surface area contributed by atoms with Crippen molar-refractivity contribution in [3.05, 3.63) is 72.6 Å². The first-order chi connectivity index (χ1) is 34.5. The SMILES string of the molecule is C#CC1CCC(c2ncc(-c3ccc(-c4ccc(-c5cnc(C6CC[C@H](I)N6C(O)C(NC(=O)OC)C6CCOC7(CCCC7)C6)[nH]5)cc4)cc3)[nH]2)N1C(=O)C(NC(=O)OC)C1CCOC2(CCCC2)C1. The van der Waals surface area contributed by atoms with Gasteiger partial charge in [-0.3, -0.25) is 9.69 Å². The van der Waals surface area contributed by atoms with Gasteiger partial charge < -0.3 is 49.6 Å². The third-order valence-corrected chi connectivity index (χ3v) is 17.9. The van der Waals surface area contributed by atoms with E-state index in [0.29, 0.717) is 44.7 Å². The molecule has 16 nitrogen and oxygen atoms in total. The molecular formula is C54H67IN8O8. The summed E-state index contributed by atoms with van der Waals surface area (Å²) < 4.78 is 22.7. The van der Waals surface area contributed by atoms with Crippen molar-refractivity contribution in [1.29, 1.82) is 0 Å². The minimum atomic E-state index is -0.947. The largest absolute Gasteiger partial charge is 0.453 e. The molecule has 9 atom stereocenters. The number of imidazole rings is 2. The van der Waals surface area contributed by atoms with Gasteiger partial charge in [-0.25, -0.2) is 19.6 Å². The van der Waals surface area contributed by atoms with E-state index in [4.69, 9.17) is 35.3 Å². The van der Waals surface area contributed by atoms with Gasteiger partial charge in [-0.1, -0.05) is 103 Å². The molecule has 17 heteroatoms. The van der Waals surface area contributed by atoms with Crippen LogP contribution in [0.1, 0.15) is 126 Å². The van der Waals surface area contributed by atoms with Crippen LogP contribution in [0.15, 0.2) is 60.9 Å². The molecule has 2 saturated carbocycles. The van der Waals surface area contributed by atoms with Crippen LogP contribution in [-0.4, -0.2) is 120 Å². The van der Waals surface area contributed by atoms with Crippen LogP contribution in [0.5, 0.6) is 0 Å². The number of hydrogen-bond acceptors (Lipinski definition) is 11. The maximum atomic E-state index is 14.7. The highest BCUT2D eigenvalue weighted by Gasteiger charge is 2.50. The van der Waals surface area contributed by atoms with Crippen LogP contribution in [-0.2, 0) is 23.7 Å². The maximum Gasteiger partial charge on any atom is 0.407 e. The van der Waals surface area contributed by atoms with E-state index in [1.165, 1.54) is 14.2 Å². The number of ether oxygens (including phenoxy) is 4. The summed E-state index contributed by atoms with van der Waals surface area (Å²) in [6.07, 6.45) is 21.9. The summed E-state index contributed by atoms with van der Waals surface area (Å²) >= 11 is 2.41. The zero-order chi connectivity index (χ0) is 49.3. The number of carbonyl (C=O) groups excluding carboxylic acids is 3. The fourth-order valence-electron chi connectivity index (χ4n) is 13.0. The average Bonchev–Trinajstić information content (AvgIpc) is 4.28. The first kappa shape index (κ1) is 49.6. The molecule has 2 aromatic carbocycles. The van der Waals surface area contributed by atoms with Crippen molar-refractivity contribution >= 4 is 40.7 Å². The van der Waals surface area contributed by atoms with Gasteiger partial charge in [-0.15, -0.1) is 6.42 Å². The molecule has 6 aliphatic rings. The number of alkyl carbamates (subject to hydrolysis) is 2. The molecule has 5 N–H and O–H groups in total. The highest BCUT2D eigenvalue weighted by Crippen LogP contribution is 2.47. The van der Waals surface area contributed by atoms with Crippen molar-refractivity contribution in [2.75, 3.05) is 27.4 Å². The second-order valence-electron chi connectivity index (χ2n) is 20.7. The molecule has 2 aliphatic carbocycles. The fourth-order valence-corrected chi connectivity index (χ4v) is 14.0. The molecule has 10 rings (SSSR count). The minimum absolute atomic E-state index is 0.0425. The number of amides is 3. The van der Waals surface area contributed by atoms with E-state index < -0.39 is 36.5 Å². The number of halogens is 1. The molecule has 4 aliphatic heterocycles. The van der Waals surface area contributed by atoms with Crippen LogP contribution in [0, 0.1) is 24.2 Å². The number of benzene rings is 2. The van der Waals surface area contributed by atoms with E-state index in [-0.39, 0.29) is 45.1 Å². The lowest BCUT2D eigenvalue weighted by Gasteiger charge is -2.45. The van der Waals surface area contributed by atoms with Crippen molar-refractivity contribution in [3.8, 4) is 46.0 Å². The van der Waals surface area contributed by atoms with E-state index in [9.17, 15) is 19.5 Å². The number of methoxy groups -OCH3 is 2. The van der Waals surface area contributed by atoms with Gasteiger partial charge in [0.15, 0.2) is 0 Å². The maximum absolute atomic E-state index is 14.7. The average molecular weight is 1080 g/mol. The van der Waals surface area contributed by atoms with Gasteiger partial charge >= 0.3 is 12.2 Å². The number of terminal acetylenes is 1. The van der Waals surface area contributed by atoms with E-state index in [0.717, 1.165) is 117 Å². The molecule has 8 unspecified atom stereocenters. The van der Waals surface area contributed by atoms with Crippen LogP contribution in [0.2, 0.25) is 0 Å². The lowest BCUT2D eigenvalue weighted by Crippen LogP contribution is -2.58. The second-order valence-corrected chi connectivity index (χ2v) is 22.1. The lowest BCUT2D eigenvalue weighted by molar-refractivity contribution is -0.142. The molecule has 0 bridgehead atoms. The molecule has 378 valence electrons. The Balaban J connectivity index is 0.808. The number of aromatic nitrogens is 4. The van der Waals surface area contributed by atoms with E-state index in [1.807, 2.05) is 6.20 Å². The first-order valence-electron chi connectivity index (χ1n) is 25.7. The predicted octanol–water partition coefficient (Wildman–Crippen LogP) is 8.94. The highest BCUT2D eigenvalue weighted by molar-refractivity contribution is 14.1. The Morgan fingerprint density at radius 3 is 1.77 bits per heavy atom. The third-order valence-electron chi connectivity index (χ3n) is 16.6. The number of H-pyrrole nitrogens is 2. The molecule has 6 fully saturated rings. The van der Waals surface area contributed by atoms with E-state index in [1.54, 1.807) is 11.1 Å². The van der Waals surface area contributed by atoms with Crippen molar-refractivity contribution in [2.45, 2.75) is 154 Å². The van der Waals surface area contributed by atoms with Gasteiger partial charge in [-0.05, 0) is 111 Å². The summed E-state index contributed by atoms with van der Waals surface area (Å²) in [6, 6.07) is 14.4. The fraction of sp³-hybridized carbons (Fsp3) is 0.574. The topological polar surface area (TPSA) is 196 Å². The minimum Gasteiger partial charge on any atom is -0.453 e. The first-order valence-corrected chi connectivity index (χ1v) is 26.9. The van der Waals surface area contributed by atoms with Crippen LogP contribution in [0.3, 0.4) is 0 Å². The molecule has 2 aromatic heterocycles. The quantitative estimate of drug-likeness (QED) is 0.0393. The summed E-state index contributed by atoms with van der Waals surface area (Å²) in [7, 11) is 2.68. The van der Waals surface area contributed by atoms with Gasteiger partial charge in [-0.2, -0.15) is 0 Å². The van der Waals surface area contributed by atoms with Gasteiger partial charge in [0.1, 0.15) is 23.9 Å². The predicted molar refractivity (Wildman–Crippen MR) is 275 cm³/mol. The van der Waals surface area contributed by atoms with Crippen molar-refractivity contribution in [3.63, 3.8) is 0 Å². The number of hydrogen-bond donors (Lipinski definition) is 5. The van der Waals surface area contributed by atoms with E-state index in [2.05, 4.69) is 103 Å². The number of carbonyl (C=O) groups is 3. The van der Waals surface area contributed by atoms with Gasteiger partial charge in [0.05, 0.1) is 77.4 Å². The number of alkyl halides is 1. The zero-order valence-corrected chi connectivity index (χ0v) is 42.9. The van der Waals surface area contributed by atoms with Crippen LogP contribution >= 0.6 is 22.6 Å². The van der Waals surface area contributed by atoms with Gasteiger partial charge in [0.25, 0.3) is 0 Å². The highest BCUT2D eigenvalue weighted by atomic mass is 127. The smallest absolute Gasteiger partial charge is 0.407 e. The summed E-state index contributed by atoms with van der Waals surface area (Å²) in [5, 5.41) is 18.1. The number of aromatic amines is 2. The summed E-state index contributed by atoms with van der Waals surface area (Å²) in [4.78, 5) is 60.7. The molecule has 6 heterocycles. The van der Waals surface area contributed by atoms with Gasteiger partial charge in [0.2, 0.25) is 5.91 Å². The van der Waals surface area contributed by atoms with Crippen LogP contribution in [0.25, 0.3) is 33.6 Å². The monoisotopic (exact) mass is 1080 g/mol. The van der Waals surface area contributed by atoms with Gasteiger partial charge in [0, 0.05) is 13.2 Å². The summed E-state index contributed by atoms with van der Waals surface area (Å²) in [5.41, 5.74) is 5.33. The Hall–Kier alpha value is -5.00. The second kappa shape index (κ2) is 21.2. The van der Waals surface area contributed by atoms with Crippen molar-refractivity contribution < 1.29 is 38.4 Å². The molecule has 4 saturated heterocycles. The number of rotatable bonds is 12. The molecule has 2 spiro atoms. The Morgan fingerprint density at radius 1 is 0.732 bits per heavy atom. The standard InChI is InChI=1S/C54H67IN8O8/c1-4-39-17-18-42(62(39)49(64)45(60-51(66)68-2)37-21-27-70-53(29-37)23-5-6-24-53)47-56-31-40(58-47)35-13-9-33(10-14-35)34-11-15-36(16-12-34)41-32-57-48(59-41)43-19-20-44(55)63(43)50(65)46(61-52(67)69-3)38-22-28-71-54(30-38)25-7-8-26-54/h1,9-16,31-32,37-39,42-46,50,65H,5-8,17-30H2,2-3H3,(H,56,58)(H,57,59)(H,60,66)(H,61,67)/t37?,38?,39?,42?,43?,44-,45?,46?,50?/m1/s1. The number of nitrogens with one attached hydrogen (secondary N) is 4. The normalized spacial score (nSPS) is 27.3. The Labute approximate surface area is 429 Å². The lowest BCUT2D eigenvalue weighted by atomic mass is 9.79. The number of likely N-dealkylation sites (tertiary alicyclic amines) is 2. The Kier molecular flexibility index (Phi) is 14.8. The molecule has 3 amide bonds. The Morgan fingerprint density at radius 2 is 1.23 bits per heavy atom. The van der Waals surface area contributed by atoms with Crippen molar-refractivity contribution in [2.24, 2.45) is 11.8 Å². The van der Waals surface area contributed by atoms with Crippen LogP contribution in [0.4, 0.5) is 9.59 Å². The number of aliphatic hydroxyl groups is 1.